The van der Waals surface area contributed by atoms with Crippen LogP contribution in [0.4, 0.5) is 0 Å². The molecule has 20 heavy (non-hydrogen) atoms. The Hall–Kier alpha value is -0.900. The third-order valence-electron chi connectivity index (χ3n) is 4.64. The van der Waals surface area contributed by atoms with Crippen LogP contribution in [0.25, 0.3) is 0 Å². The van der Waals surface area contributed by atoms with Crippen LogP contribution in [0.3, 0.4) is 0 Å². The smallest absolute Gasteiger partial charge is 0.0439 e. The van der Waals surface area contributed by atoms with E-state index in [0.717, 1.165) is 32.5 Å². The van der Waals surface area contributed by atoms with Gasteiger partial charge in [-0.3, -0.25) is 4.90 Å². The molecule has 0 aliphatic carbocycles. The van der Waals surface area contributed by atoms with Gasteiger partial charge in [0.1, 0.15) is 0 Å². The van der Waals surface area contributed by atoms with Crippen LogP contribution in [0.15, 0.2) is 30.3 Å². The minimum Gasteiger partial charge on any atom is -0.321 e. The van der Waals surface area contributed by atoms with Gasteiger partial charge >= 0.3 is 0 Å². The fraction of sp³-hybridized carbons (Fsp3) is 0.647. The summed E-state index contributed by atoms with van der Waals surface area (Å²) in [6.07, 6.45) is 3.26. The standard InChI is InChI=1S/C17H29N3/c1-16(2)14-17(18,15-8-5-4-6-9-15)10-13-20(16)12-7-11-19-3/h4-6,8-9,19H,7,10-14,18H2,1-3H3. The molecule has 1 unspecified atom stereocenters. The highest BCUT2D eigenvalue weighted by Gasteiger charge is 2.42. The number of piperidine rings is 1. The zero-order chi connectivity index (χ0) is 14.6. The molecule has 0 aromatic heterocycles. The van der Waals surface area contributed by atoms with Crippen LogP contribution in [0.2, 0.25) is 0 Å². The molecule has 3 N–H and O–H groups in total. The summed E-state index contributed by atoms with van der Waals surface area (Å²) >= 11 is 0. The molecule has 3 heteroatoms. The number of nitrogens with two attached hydrogens (primary N) is 1. The van der Waals surface area contributed by atoms with Gasteiger partial charge in [0.05, 0.1) is 0 Å². The quantitative estimate of drug-likeness (QED) is 0.810. The Labute approximate surface area is 123 Å². The summed E-state index contributed by atoms with van der Waals surface area (Å²) in [5, 5.41) is 3.23. The van der Waals surface area contributed by atoms with E-state index in [1.807, 2.05) is 7.05 Å². The van der Waals surface area contributed by atoms with Gasteiger partial charge in [-0.05, 0) is 58.8 Å². The van der Waals surface area contributed by atoms with Gasteiger partial charge in [0, 0.05) is 17.6 Å². The van der Waals surface area contributed by atoms with Crippen molar-refractivity contribution < 1.29 is 0 Å². The van der Waals surface area contributed by atoms with Crippen molar-refractivity contribution in [3.8, 4) is 0 Å². The Bertz CT molecular complexity index is 416. The van der Waals surface area contributed by atoms with E-state index in [4.69, 9.17) is 5.73 Å². The van der Waals surface area contributed by atoms with E-state index in [2.05, 4.69) is 54.4 Å². The first kappa shape index (κ1) is 15.5. The van der Waals surface area contributed by atoms with Gasteiger partial charge in [0.15, 0.2) is 0 Å². The summed E-state index contributed by atoms with van der Waals surface area (Å²) in [6, 6.07) is 10.6. The number of rotatable bonds is 5. The van der Waals surface area contributed by atoms with E-state index in [0.29, 0.717) is 0 Å². The molecular formula is C17H29N3. The van der Waals surface area contributed by atoms with Crippen molar-refractivity contribution in [2.45, 2.75) is 44.2 Å². The largest absolute Gasteiger partial charge is 0.321 e. The summed E-state index contributed by atoms with van der Waals surface area (Å²) in [7, 11) is 2.02. The minimum atomic E-state index is -0.176. The molecule has 1 heterocycles. The van der Waals surface area contributed by atoms with Gasteiger partial charge in [-0.1, -0.05) is 30.3 Å². The average molecular weight is 275 g/mol. The molecule has 0 spiro atoms. The molecule has 2 rings (SSSR count). The molecule has 1 aliphatic heterocycles. The Morgan fingerprint density at radius 1 is 1.25 bits per heavy atom. The van der Waals surface area contributed by atoms with Gasteiger partial charge in [-0.25, -0.2) is 0 Å². The summed E-state index contributed by atoms with van der Waals surface area (Å²) in [6.45, 7) is 7.98. The van der Waals surface area contributed by atoms with Crippen molar-refractivity contribution in [3.63, 3.8) is 0 Å². The van der Waals surface area contributed by atoms with Crippen LogP contribution >= 0.6 is 0 Å². The van der Waals surface area contributed by atoms with Gasteiger partial charge in [-0.2, -0.15) is 0 Å². The molecule has 0 bridgehead atoms. The second kappa shape index (κ2) is 6.25. The van der Waals surface area contributed by atoms with Crippen LogP contribution < -0.4 is 11.1 Å². The van der Waals surface area contributed by atoms with Crippen molar-refractivity contribution in [3.05, 3.63) is 35.9 Å². The number of nitrogens with zero attached hydrogens (tertiary/aromatic N) is 1. The van der Waals surface area contributed by atoms with Crippen LogP contribution in [0.1, 0.15) is 38.7 Å². The van der Waals surface area contributed by atoms with Gasteiger partial charge in [-0.15, -0.1) is 0 Å². The minimum absolute atomic E-state index is 0.163. The summed E-state index contributed by atoms with van der Waals surface area (Å²) < 4.78 is 0. The van der Waals surface area contributed by atoms with Crippen molar-refractivity contribution in [2.24, 2.45) is 5.73 Å². The molecule has 1 saturated heterocycles. The fourth-order valence-electron chi connectivity index (χ4n) is 3.49. The zero-order valence-electron chi connectivity index (χ0n) is 13.2. The van der Waals surface area contributed by atoms with Crippen LogP contribution in [0.5, 0.6) is 0 Å². The first-order chi connectivity index (χ1) is 9.48. The Morgan fingerprint density at radius 2 is 1.95 bits per heavy atom. The summed E-state index contributed by atoms with van der Waals surface area (Å²) in [5.41, 5.74) is 8.00. The van der Waals surface area contributed by atoms with Crippen LogP contribution in [0, 0.1) is 0 Å². The number of benzene rings is 1. The lowest BCUT2D eigenvalue weighted by molar-refractivity contribution is 0.0320. The van der Waals surface area contributed by atoms with Crippen molar-refractivity contribution in [2.75, 3.05) is 26.7 Å². The average Bonchev–Trinajstić information content (AvgIpc) is 2.42. The molecule has 0 radical (unpaired) electrons. The number of hydrogen-bond acceptors (Lipinski definition) is 3. The van der Waals surface area contributed by atoms with Crippen molar-refractivity contribution >= 4 is 0 Å². The molecule has 1 fully saturated rings. The molecule has 1 aromatic rings. The first-order valence-electron chi connectivity index (χ1n) is 7.72. The Balaban J connectivity index is 2.06. The van der Waals surface area contributed by atoms with Crippen LogP contribution in [-0.4, -0.2) is 37.1 Å². The lowest BCUT2D eigenvalue weighted by Crippen LogP contribution is -2.58. The summed E-state index contributed by atoms with van der Waals surface area (Å²) in [4.78, 5) is 2.60. The third-order valence-corrected chi connectivity index (χ3v) is 4.64. The van der Waals surface area contributed by atoms with E-state index >= 15 is 0 Å². The normalized spacial score (nSPS) is 26.6. The monoisotopic (exact) mass is 275 g/mol. The Morgan fingerprint density at radius 3 is 2.55 bits per heavy atom. The second-order valence-corrected chi connectivity index (χ2v) is 6.71. The molecule has 0 amide bonds. The molecule has 112 valence electrons. The second-order valence-electron chi connectivity index (χ2n) is 6.71. The third kappa shape index (κ3) is 3.40. The molecule has 0 saturated carbocycles. The predicted octanol–water partition coefficient (Wildman–Crippen LogP) is 2.32. The zero-order valence-corrected chi connectivity index (χ0v) is 13.2. The van der Waals surface area contributed by atoms with E-state index in [-0.39, 0.29) is 11.1 Å². The topological polar surface area (TPSA) is 41.3 Å². The molecular weight excluding hydrogens is 246 g/mol. The number of hydrogen-bond donors (Lipinski definition) is 2. The molecule has 3 nitrogen and oxygen atoms in total. The molecule has 1 aromatic carbocycles. The van der Waals surface area contributed by atoms with Gasteiger partial charge < -0.3 is 11.1 Å². The van der Waals surface area contributed by atoms with Crippen LogP contribution in [-0.2, 0) is 5.54 Å². The predicted molar refractivity (Wildman–Crippen MR) is 85.7 cm³/mol. The van der Waals surface area contributed by atoms with E-state index in [1.54, 1.807) is 0 Å². The lowest BCUT2D eigenvalue weighted by atomic mass is 9.73. The highest BCUT2D eigenvalue weighted by molar-refractivity contribution is 5.26. The van der Waals surface area contributed by atoms with Gasteiger partial charge in [0.25, 0.3) is 0 Å². The molecule has 1 atom stereocenters. The maximum Gasteiger partial charge on any atom is 0.0439 e. The maximum atomic E-state index is 6.73. The fourth-order valence-corrected chi connectivity index (χ4v) is 3.49. The highest BCUT2D eigenvalue weighted by atomic mass is 15.2. The number of nitrogens with one attached hydrogen (secondary N) is 1. The maximum absolute atomic E-state index is 6.73. The van der Waals surface area contributed by atoms with Gasteiger partial charge in [0.2, 0.25) is 0 Å². The number of likely N-dealkylation sites (tertiary alicyclic amines) is 1. The SMILES string of the molecule is CNCCCN1CCC(N)(c2ccccc2)CC1(C)C. The molecule has 1 aliphatic rings. The van der Waals surface area contributed by atoms with Crippen molar-refractivity contribution in [1.82, 2.24) is 10.2 Å². The van der Waals surface area contributed by atoms with E-state index in [1.165, 1.54) is 12.0 Å². The van der Waals surface area contributed by atoms with E-state index < -0.39 is 0 Å². The summed E-state index contributed by atoms with van der Waals surface area (Å²) in [5.74, 6) is 0. The Kier molecular flexibility index (Phi) is 4.84. The lowest BCUT2D eigenvalue weighted by Gasteiger charge is -2.50. The van der Waals surface area contributed by atoms with E-state index in [9.17, 15) is 0 Å². The first-order valence-corrected chi connectivity index (χ1v) is 7.72. The highest BCUT2D eigenvalue weighted by Crippen LogP contribution is 2.38. The van der Waals surface area contributed by atoms with Crippen molar-refractivity contribution in [1.29, 1.82) is 0 Å².